The molecule has 0 fully saturated rings. The highest BCUT2D eigenvalue weighted by Crippen LogP contribution is 2.34. The van der Waals surface area contributed by atoms with Crippen LogP contribution in [0.25, 0.3) is 11.3 Å². The minimum absolute atomic E-state index is 0.0136. The summed E-state index contributed by atoms with van der Waals surface area (Å²) in [7, 11) is 0. The van der Waals surface area contributed by atoms with Crippen LogP contribution in [0.3, 0.4) is 0 Å². The molecule has 0 saturated carbocycles. The molecule has 0 aliphatic heterocycles. The monoisotopic (exact) mass is 421 g/mol. The fraction of sp³-hybridized carbons (Fsp3) is 0.105. The fourth-order valence-corrected chi connectivity index (χ4v) is 2.75. The number of furan rings is 1. The van der Waals surface area contributed by atoms with Gasteiger partial charge in [-0.1, -0.05) is 41.4 Å². The average molecular weight is 422 g/mol. The van der Waals surface area contributed by atoms with Crippen molar-refractivity contribution in [3.63, 3.8) is 0 Å². The second kappa shape index (κ2) is 8.77. The van der Waals surface area contributed by atoms with E-state index in [2.05, 4.69) is 0 Å². The summed E-state index contributed by atoms with van der Waals surface area (Å²) in [5, 5.41) is 11.7. The van der Waals surface area contributed by atoms with E-state index in [4.69, 9.17) is 37.1 Å². The maximum absolute atomic E-state index is 11.8. The van der Waals surface area contributed by atoms with Gasteiger partial charge in [0.2, 0.25) is 0 Å². The minimum Gasteiger partial charge on any atom is -0.475 e. The van der Waals surface area contributed by atoms with Gasteiger partial charge in [0.05, 0.1) is 15.0 Å². The van der Waals surface area contributed by atoms with Crippen molar-refractivity contribution in [2.45, 2.75) is 6.61 Å². The predicted octanol–water partition coefficient (Wildman–Crippen LogP) is 5.28. The molecule has 0 atom stereocenters. The van der Waals surface area contributed by atoms with Crippen LogP contribution in [-0.2, 0) is 16.1 Å². The largest absolute Gasteiger partial charge is 0.475 e. The summed E-state index contributed by atoms with van der Waals surface area (Å²) < 4.78 is 15.9. The quantitative estimate of drug-likeness (QED) is 0.292. The molecule has 28 heavy (non-hydrogen) atoms. The number of ether oxygens (including phenoxy) is 2. The minimum atomic E-state index is -0.697. The van der Waals surface area contributed by atoms with E-state index in [9.17, 15) is 14.9 Å². The highest BCUT2D eigenvalue weighted by molar-refractivity contribution is 6.43. The number of carbonyl (C=O) groups excluding carboxylic acids is 1. The van der Waals surface area contributed by atoms with E-state index in [-0.39, 0.29) is 18.0 Å². The number of nitro groups is 1. The van der Waals surface area contributed by atoms with Crippen LogP contribution in [0, 0.1) is 10.1 Å². The number of esters is 1. The van der Waals surface area contributed by atoms with Crippen LogP contribution in [0.4, 0.5) is 5.69 Å². The van der Waals surface area contributed by atoms with Crippen LogP contribution in [0.2, 0.25) is 10.0 Å². The number of rotatable bonds is 7. The van der Waals surface area contributed by atoms with E-state index >= 15 is 0 Å². The van der Waals surface area contributed by atoms with Crippen molar-refractivity contribution in [3.8, 4) is 17.1 Å². The SMILES string of the molecule is O=C(COc1ccccc1[N+](=O)[O-])OCc1ccc(-c2cccc(Cl)c2Cl)o1. The normalized spacial score (nSPS) is 10.5. The second-order valence-electron chi connectivity index (χ2n) is 5.54. The first kappa shape index (κ1) is 19.7. The molecule has 0 saturated heterocycles. The van der Waals surface area contributed by atoms with E-state index in [0.29, 0.717) is 27.1 Å². The zero-order chi connectivity index (χ0) is 20.1. The molecule has 2 aromatic carbocycles. The topological polar surface area (TPSA) is 91.8 Å². The van der Waals surface area contributed by atoms with Crippen molar-refractivity contribution >= 4 is 34.9 Å². The van der Waals surface area contributed by atoms with Gasteiger partial charge < -0.3 is 13.9 Å². The zero-order valence-corrected chi connectivity index (χ0v) is 15.8. The summed E-state index contributed by atoms with van der Waals surface area (Å²) in [5.41, 5.74) is 0.385. The molecule has 9 heteroatoms. The van der Waals surface area contributed by atoms with Crippen LogP contribution in [0.1, 0.15) is 5.76 Å². The Hall–Kier alpha value is -3.03. The number of nitro benzene ring substituents is 1. The summed E-state index contributed by atoms with van der Waals surface area (Å²) in [6.45, 7) is -0.601. The van der Waals surface area contributed by atoms with Crippen molar-refractivity contribution in [1.82, 2.24) is 0 Å². The summed E-state index contributed by atoms with van der Waals surface area (Å²) in [5.74, 6) is 0.164. The number of hydrogen-bond donors (Lipinski definition) is 0. The van der Waals surface area contributed by atoms with Crippen molar-refractivity contribution in [1.29, 1.82) is 0 Å². The van der Waals surface area contributed by atoms with Gasteiger partial charge in [-0.15, -0.1) is 0 Å². The van der Waals surface area contributed by atoms with Crippen molar-refractivity contribution < 1.29 is 23.6 Å². The molecule has 0 spiro atoms. The van der Waals surface area contributed by atoms with E-state index in [1.54, 1.807) is 36.4 Å². The molecule has 0 unspecified atom stereocenters. The standard InChI is InChI=1S/C19H13Cl2NO6/c20-14-5-3-4-13(19(14)21)16-9-8-12(28-16)10-27-18(23)11-26-17-7-2-1-6-15(17)22(24)25/h1-9H,10-11H2. The lowest BCUT2D eigenvalue weighted by atomic mass is 10.2. The summed E-state index contributed by atoms with van der Waals surface area (Å²) >= 11 is 12.1. The van der Waals surface area contributed by atoms with Gasteiger partial charge in [0.1, 0.15) is 18.1 Å². The summed E-state index contributed by atoms with van der Waals surface area (Å²) in [4.78, 5) is 22.2. The van der Waals surface area contributed by atoms with Gasteiger partial charge >= 0.3 is 11.7 Å². The first-order chi connectivity index (χ1) is 13.5. The Morgan fingerprint density at radius 2 is 1.86 bits per heavy atom. The van der Waals surface area contributed by atoms with E-state index in [0.717, 1.165) is 0 Å². The third kappa shape index (κ3) is 4.62. The molecule has 0 aliphatic rings. The number of hydrogen-bond acceptors (Lipinski definition) is 6. The maximum atomic E-state index is 11.8. The smallest absolute Gasteiger partial charge is 0.344 e. The Balaban J connectivity index is 1.57. The Morgan fingerprint density at radius 3 is 2.64 bits per heavy atom. The van der Waals surface area contributed by atoms with Crippen molar-refractivity contribution in [2.24, 2.45) is 0 Å². The molecular formula is C19H13Cl2NO6. The number of nitrogens with zero attached hydrogens (tertiary/aromatic N) is 1. The molecule has 1 aromatic heterocycles. The van der Waals surface area contributed by atoms with Crippen LogP contribution in [0.15, 0.2) is 59.0 Å². The molecule has 7 nitrogen and oxygen atoms in total. The van der Waals surface area contributed by atoms with Gasteiger partial charge in [-0.05, 0) is 30.3 Å². The maximum Gasteiger partial charge on any atom is 0.344 e. The van der Waals surface area contributed by atoms with E-state index < -0.39 is 17.5 Å². The van der Waals surface area contributed by atoms with Crippen LogP contribution < -0.4 is 4.74 Å². The van der Waals surface area contributed by atoms with Gasteiger partial charge in [-0.25, -0.2) is 4.79 Å². The highest BCUT2D eigenvalue weighted by Gasteiger charge is 2.16. The summed E-state index contributed by atoms with van der Waals surface area (Å²) in [6.07, 6.45) is 0. The molecule has 0 aliphatic carbocycles. The molecule has 0 N–H and O–H groups in total. The van der Waals surface area contributed by atoms with Crippen molar-refractivity contribution in [2.75, 3.05) is 6.61 Å². The van der Waals surface area contributed by atoms with Crippen LogP contribution >= 0.6 is 23.2 Å². The van der Waals surface area contributed by atoms with Gasteiger partial charge in [0.25, 0.3) is 0 Å². The third-order valence-corrected chi connectivity index (χ3v) is 4.48. The molecule has 3 aromatic rings. The van der Waals surface area contributed by atoms with Gasteiger partial charge in [-0.2, -0.15) is 0 Å². The van der Waals surface area contributed by atoms with E-state index in [1.807, 2.05) is 0 Å². The van der Waals surface area contributed by atoms with Crippen LogP contribution in [-0.4, -0.2) is 17.5 Å². The highest BCUT2D eigenvalue weighted by atomic mass is 35.5. The first-order valence-corrected chi connectivity index (χ1v) is 8.76. The second-order valence-corrected chi connectivity index (χ2v) is 6.33. The Bertz CT molecular complexity index is 1020. The molecule has 0 radical (unpaired) electrons. The lowest BCUT2D eigenvalue weighted by molar-refractivity contribution is -0.385. The van der Waals surface area contributed by atoms with Crippen molar-refractivity contribution in [3.05, 3.63) is 80.5 Å². The predicted molar refractivity (Wildman–Crippen MR) is 103 cm³/mol. The van der Waals surface area contributed by atoms with Gasteiger partial charge in [-0.3, -0.25) is 10.1 Å². The molecule has 3 rings (SSSR count). The number of para-hydroxylation sites is 2. The van der Waals surface area contributed by atoms with Gasteiger partial charge in [0.15, 0.2) is 12.4 Å². The number of halogens is 2. The Kier molecular flexibility index (Phi) is 6.18. The third-order valence-electron chi connectivity index (χ3n) is 3.66. The Labute approximate surface area is 169 Å². The molecule has 144 valence electrons. The summed E-state index contributed by atoms with van der Waals surface area (Å²) in [6, 6.07) is 14.2. The number of carbonyl (C=O) groups is 1. The van der Waals surface area contributed by atoms with Crippen LogP contribution in [0.5, 0.6) is 5.75 Å². The fourth-order valence-electron chi connectivity index (χ4n) is 2.35. The van der Waals surface area contributed by atoms with E-state index in [1.165, 1.54) is 18.2 Å². The molecule has 1 heterocycles. The Morgan fingerprint density at radius 1 is 1.07 bits per heavy atom. The molecular weight excluding hydrogens is 409 g/mol. The molecule has 0 amide bonds. The molecule has 0 bridgehead atoms. The van der Waals surface area contributed by atoms with Gasteiger partial charge in [0, 0.05) is 11.6 Å². The zero-order valence-electron chi connectivity index (χ0n) is 14.3. The average Bonchev–Trinajstić information content (AvgIpc) is 3.15. The number of benzene rings is 2. The lowest BCUT2D eigenvalue weighted by Gasteiger charge is -2.06. The lowest BCUT2D eigenvalue weighted by Crippen LogP contribution is -2.15. The first-order valence-electron chi connectivity index (χ1n) is 8.00.